The van der Waals surface area contributed by atoms with Crippen LogP contribution in [0.15, 0.2) is 0 Å². The SMILES string of the molecule is COC(=O)C1(C2CCCNC2)CC1. The molecule has 0 spiro atoms. The van der Waals surface area contributed by atoms with Crippen LogP contribution in [0.3, 0.4) is 0 Å². The Morgan fingerprint density at radius 1 is 1.54 bits per heavy atom. The molecular weight excluding hydrogens is 166 g/mol. The number of hydrogen-bond donors (Lipinski definition) is 1. The average molecular weight is 183 g/mol. The third kappa shape index (κ3) is 1.46. The standard InChI is InChI=1S/C10H17NO2/c1-13-9(12)10(4-5-10)8-3-2-6-11-7-8/h8,11H,2-7H2,1H3. The molecule has 1 aliphatic heterocycles. The molecule has 0 radical (unpaired) electrons. The molecule has 0 bridgehead atoms. The number of carbonyl (C=O) groups excluding carboxylic acids is 1. The van der Waals surface area contributed by atoms with Gasteiger partial charge in [0.25, 0.3) is 0 Å². The van der Waals surface area contributed by atoms with Gasteiger partial charge >= 0.3 is 5.97 Å². The van der Waals surface area contributed by atoms with Crippen molar-refractivity contribution in [3.8, 4) is 0 Å². The molecule has 0 aromatic carbocycles. The first-order valence-corrected chi connectivity index (χ1v) is 5.09. The van der Waals surface area contributed by atoms with E-state index >= 15 is 0 Å². The van der Waals surface area contributed by atoms with Gasteiger partial charge in [-0.15, -0.1) is 0 Å². The first kappa shape index (κ1) is 9.00. The molecule has 1 saturated heterocycles. The smallest absolute Gasteiger partial charge is 0.312 e. The van der Waals surface area contributed by atoms with Crippen molar-refractivity contribution in [3.63, 3.8) is 0 Å². The lowest BCUT2D eigenvalue weighted by Gasteiger charge is -2.28. The Bertz CT molecular complexity index is 205. The predicted molar refractivity (Wildman–Crippen MR) is 49.3 cm³/mol. The molecule has 1 aliphatic carbocycles. The molecule has 1 heterocycles. The van der Waals surface area contributed by atoms with Crippen molar-refractivity contribution >= 4 is 5.97 Å². The molecule has 2 rings (SSSR count). The molecule has 1 N–H and O–H groups in total. The molecule has 1 saturated carbocycles. The minimum Gasteiger partial charge on any atom is -0.469 e. The van der Waals surface area contributed by atoms with Gasteiger partial charge in [-0.3, -0.25) is 4.79 Å². The predicted octanol–water partition coefficient (Wildman–Crippen LogP) is 0.939. The molecule has 0 aromatic rings. The highest BCUT2D eigenvalue weighted by atomic mass is 16.5. The Hall–Kier alpha value is -0.570. The highest BCUT2D eigenvalue weighted by Crippen LogP contribution is 2.54. The van der Waals surface area contributed by atoms with E-state index in [-0.39, 0.29) is 11.4 Å². The van der Waals surface area contributed by atoms with E-state index in [0.29, 0.717) is 5.92 Å². The van der Waals surface area contributed by atoms with E-state index in [1.807, 2.05) is 0 Å². The van der Waals surface area contributed by atoms with Crippen LogP contribution < -0.4 is 5.32 Å². The maximum absolute atomic E-state index is 11.5. The molecule has 3 nitrogen and oxygen atoms in total. The summed E-state index contributed by atoms with van der Waals surface area (Å²) < 4.78 is 4.86. The average Bonchev–Trinajstić information content (AvgIpc) is 2.99. The van der Waals surface area contributed by atoms with Gasteiger partial charge in [-0.05, 0) is 44.7 Å². The lowest BCUT2D eigenvalue weighted by atomic mass is 9.83. The minimum atomic E-state index is -0.0951. The van der Waals surface area contributed by atoms with Crippen LogP contribution in [0.1, 0.15) is 25.7 Å². The highest BCUT2D eigenvalue weighted by molar-refractivity contribution is 5.80. The summed E-state index contributed by atoms with van der Waals surface area (Å²) in [4.78, 5) is 11.5. The molecule has 13 heavy (non-hydrogen) atoms. The maximum atomic E-state index is 11.5. The molecule has 2 fully saturated rings. The summed E-state index contributed by atoms with van der Waals surface area (Å²) in [6, 6.07) is 0. The lowest BCUT2D eigenvalue weighted by molar-refractivity contribution is -0.149. The number of methoxy groups -OCH3 is 1. The van der Waals surface area contributed by atoms with E-state index in [9.17, 15) is 4.79 Å². The summed E-state index contributed by atoms with van der Waals surface area (Å²) in [6.45, 7) is 2.10. The summed E-state index contributed by atoms with van der Waals surface area (Å²) in [7, 11) is 1.50. The number of esters is 1. The second-order valence-electron chi connectivity index (χ2n) is 4.19. The topological polar surface area (TPSA) is 38.3 Å². The Kier molecular flexibility index (Phi) is 2.28. The fraction of sp³-hybridized carbons (Fsp3) is 0.900. The Morgan fingerprint density at radius 3 is 2.77 bits per heavy atom. The quantitative estimate of drug-likeness (QED) is 0.647. The fourth-order valence-electron chi connectivity index (χ4n) is 2.44. The first-order chi connectivity index (χ1) is 6.29. The van der Waals surface area contributed by atoms with Gasteiger partial charge in [0.1, 0.15) is 0 Å². The third-order valence-electron chi connectivity index (χ3n) is 3.46. The Balaban J connectivity index is 2.01. The second kappa shape index (κ2) is 3.29. The van der Waals surface area contributed by atoms with Crippen LogP contribution >= 0.6 is 0 Å². The monoisotopic (exact) mass is 183 g/mol. The van der Waals surface area contributed by atoms with Crippen molar-refractivity contribution in [1.29, 1.82) is 0 Å². The van der Waals surface area contributed by atoms with Crippen molar-refractivity contribution < 1.29 is 9.53 Å². The summed E-state index contributed by atoms with van der Waals surface area (Å²) in [6.07, 6.45) is 4.45. The number of nitrogens with one attached hydrogen (secondary N) is 1. The zero-order chi connectivity index (χ0) is 9.31. The zero-order valence-corrected chi connectivity index (χ0v) is 8.14. The largest absolute Gasteiger partial charge is 0.469 e. The summed E-state index contributed by atoms with van der Waals surface area (Å²) >= 11 is 0. The van der Waals surface area contributed by atoms with Gasteiger partial charge in [0.2, 0.25) is 0 Å². The maximum Gasteiger partial charge on any atom is 0.312 e. The van der Waals surface area contributed by atoms with E-state index in [2.05, 4.69) is 5.32 Å². The van der Waals surface area contributed by atoms with E-state index in [1.54, 1.807) is 0 Å². The fourth-order valence-corrected chi connectivity index (χ4v) is 2.44. The van der Waals surface area contributed by atoms with E-state index in [0.717, 1.165) is 25.9 Å². The van der Waals surface area contributed by atoms with Crippen LogP contribution in [0.5, 0.6) is 0 Å². The molecule has 74 valence electrons. The van der Waals surface area contributed by atoms with Gasteiger partial charge in [0, 0.05) is 0 Å². The molecule has 3 heteroatoms. The number of hydrogen-bond acceptors (Lipinski definition) is 3. The minimum absolute atomic E-state index is 0.0150. The van der Waals surface area contributed by atoms with Crippen LogP contribution in [0.25, 0.3) is 0 Å². The molecule has 0 amide bonds. The Morgan fingerprint density at radius 2 is 2.31 bits per heavy atom. The summed E-state index contributed by atoms with van der Waals surface area (Å²) in [5.74, 6) is 0.537. The van der Waals surface area contributed by atoms with Gasteiger partial charge in [-0.25, -0.2) is 0 Å². The van der Waals surface area contributed by atoms with Crippen molar-refractivity contribution in [1.82, 2.24) is 5.32 Å². The van der Waals surface area contributed by atoms with Crippen molar-refractivity contribution in [2.24, 2.45) is 11.3 Å². The highest BCUT2D eigenvalue weighted by Gasteiger charge is 2.56. The van der Waals surface area contributed by atoms with Crippen LogP contribution in [-0.2, 0) is 9.53 Å². The van der Waals surface area contributed by atoms with Crippen molar-refractivity contribution in [2.75, 3.05) is 20.2 Å². The van der Waals surface area contributed by atoms with Crippen LogP contribution in [0.4, 0.5) is 0 Å². The molecule has 1 unspecified atom stereocenters. The van der Waals surface area contributed by atoms with Gasteiger partial charge in [-0.2, -0.15) is 0 Å². The van der Waals surface area contributed by atoms with Gasteiger partial charge in [0.15, 0.2) is 0 Å². The second-order valence-corrected chi connectivity index (χ2v) is 4.19. The molecule has 1 atom stereocenters. The van der Waals surface area contributed by atoms with Gasteiger partial charge in [0.05, 0.1) is 12.5 Å². The van der Waals surface area contributed by atoms with Crippen LogP contribution in [-0.4, -0.2) is 26.2 Å². The van der Waals surface area contributed by atoms with Crippen LogP contribution in [0, 0.1) is 11.3 Å². The van der Waals surface area contributed by atoms with Crippen molar-refractivity contribution in [3.05, 3.63) is 0 Å². The zero-order valence-electron chi connectivity index (χ0n) is 8.14. The van der Waals surface area contributed by atoms with E-state index in [1.165, 1.54) is 20.0 Å². The number of carbonyl (C=O) groups is 1. The number of ether oxygens (including phenoxy) is 1. The van der Waals surface area contributed by atoms with E-state index < -0.39 is 0 Å². The number of rotatable bonds is 2. The summed E-state index contributed by atoms with van der Waals surface area (Å²) in [5, 5.41) is 3.35. The third-order valence-corrected chi connectivity index (χ3v) is 3.46. The van der Waals surface area contributed by atoms with Crippen LogP contribution in [0.2, 0.25) is 0 Å². The van der Waals surface area contributed by atoms with E-state index in [4.69, 9.17) is 4.74 Å². The molecular formula is C10H17NO2. The van der Waals surface area contributed by atoms with Gasteiger partial charge in [-0.1, -0.05) is 0 Å². The molecule has 2 aliphatic rings. The normalized spacial score (nSPS) is 31.0. The molecule has 0 aromatic heterocycles. The first-order valence-electron chi connectivity index (χ1n) is 5.09. The summed E-state index contributed by atoms with van der Waals surface area (Å²) in [5.41, 5.74) is -0.0951. The van der Waals surface area contributed by atoms with Gasteiger partial charge < -0.3 is 10.1 Å². The Labute approximate surface area is 78.8 Å². The lowest BCUT2D eigenvalue weighted by Crippen LogP contribution is -2.38. The number of piperidine rings is 1. The van der Waals surface area contributed by atoms with Crippen molar-refractivity contribution in [2.45, 2.75) is 25.7 Å².